The van der Waals surface area contributed by atoms with Crippen molar-refractivity contribution in [2.24, 2.45) is 5.41 Å². The number of carbonyl (C=O) groups excluding carboxylic acids is 2. The Bertz CT molecular complexity index is 458. The first kappa shape index (κ1) is 14.8. The van der Waals surface area contributed by atoms with Gasteiger partial charge in [0, 0.05) is 18.3 Å². The van der Waals surface area contributed by atoms with Gasteiger partial charge >= 0.3 is 11.7 Å². The molecular formula is C12H16N2O6. The fourth-order valence-corrected chi connectivity index (χ4v) is 2.01. The van der Waals surface area contributed by atoms with Crippen LogP contribution in [0.5, 0.6) is 0 Å². The number of Topliss-reactive ketones (excluding diaryl/α,β-unsaturated/α-hetero) is 1. The van der Waals surface area contributed by atoms with Crippen molar-refractivity contribution in [3.05, 3.63) is 5.53 Å². The molecule has 2 bridgehead atoms. The maximum atomic E-state index is 11.8. The summed E-state index contributed by atoms with van der Waals surface area (Å²) >= 11 is 0. The van der Waals surface area contributed by atoms with Gasteiger partial charge in [-0.2, -0.15) is 4.79 Å². The average molecular weight is 284 g/mol. The van der Waals surface area contributed by atoms with Crippen LogP contribution in [-0.4, -0.2) is 55.2 Å². The fourth-order valence-electron chi connectivity index (χ4n) is 2.01. The Morgan fingerprint density at radius 2 is 1.80 bits per heavy atom. The minimum Gasteiger partial charge on any atom is -0.460 e. The lowest BCUT2D eigenvalue weighted by Gasteiger charge is -2.50. The second kappa shape index (κ2) is 5.41. The molecule has 0 amide bonds. The van der Waals surface area contributed by atoms with Crippen molar-refractivity contribution in [2.45, 2.75) is 25.7 Å². The Hall–Kier alpha value is -1.60. The molecule has 0 aromatic rings. The van der Waals surface area contributed by atoms with Crippen molar-refractivity contribution < 1.29 is 33.3 Å². The molecule has 3 rings (SSSR count). The molecule has 3 heterocycles. The lowest BCUT2D eigenvalue weighted by atomic mass is 9.91. The van der Waals surface area contributed by atoms with Crippen molar-refractivity contribution in [3.63, 3.8) is 0 Å². The first-order chi connectivity index (χ1) is 9.44. The van der Waals surface area contributed by atoms with Gasteiger partial charge in [-0.3, -0.25) is 4.79 Å². The summed E-state index contributed by atoms with van der Waals surface area (Å²) in [5, 5.41) is 0. The lowest BCUT2D eigenvalue weighted by molar-refractivity contribution is -0.467. The molecule has 0 spiro atoms. The number of ketones is 1. The maximum absolute atomic E-state index is 11.8. The molecule has 3 aliphatic rings. The summed E-state index contributed by atoms with van der Waals surface area (Å²) in [5.41, 5.74) is 7.86. The zero-order valence-corrected chi connectivity index (χ0v) is 11.4. The van der Waals surface area contributed by atoms with Gasteiger partial charge in [0.05, 0.1) is 26.9 Å². The summed E-state index contributed by atoms with van der Waals surface area (Å²) in [6.45, 7) is 3.44. The van der Waals surface area contributed by atoms with E-state index in [2.05, 4.69) is 9.53 Å². The molecule has 20 heavy (non-hydrogen) atoms. The first-order valence-electron chi connectivity index (χ1n) is 6.19. The minimum absolute atomic E-state index is 0.109. The van der Waals surface area contributed by atoms with Gasteiger partial charge < -0.3 is 24.5 Å². The molecule has 3 aliphatic heterocycles. The molecule has 0 aromatic carbocycles. The van der Waals surface area contributed by atoms with Gasteiger partial charge in [-0.15, -0.1) is 0 Å². The van der Waals surface area contributed by atoms with Gasteiger partial charge in [-0.25, -0.2) is 4.79 Å². The number of carbonyl (C=O) groups is 2. The largest absolute Gasteiger partial charge is 0.460 e. The van der Waals surface area contributed by atoms with Gasteiger partial charge in [-0.05, 0) is 0 Å². The molecule has 110 valence electrons. The Kier molecular flexibility index (Phi) is 4.01. The molecule has 0 radical (unpaired) electrons. The van der Waals surface area contributed by atoms with Gasteiger partial charge in [0.2, 0.25) is 0 Å². The smallest absolute Gasteiger partial charge is 0.441 e. The van der Waals surface area contributed by atoms with E-state index in [0.717, 1.165) is 7.11 Å². The van der Waals surface area contributed by atoms with E-state index in [0.29, 0.717) is 19.8 Å². The van der Waals surface area contributed by atoms with Crippen LogP contribution in [0.1, 0.15) is 19.8 Å². The summed E-state index contributed by atoms with van der Waals surface area (Å²) in [6.07, 6.45) is -0.0108. The monoisotopic (exact) mass is 284 g/mol. The molecular weight excluding hydrogens is 268 g/mol. The molecule has 3 saturated heterocycles. The van der Waals surface area contributed by atoms with Crippen molar-refractivity contribution in [1.82, 2.24) is 0 Å². The third-order valence-corrected chi connectivity index (χ3v) is 3.32. The van der Waals surface area contributed by atoms with Crippen LogP contribution in [0.3, 0.4) is 0 Å². The van der Waals surface area contributed by atoms with Gasteiger partial charge in [-0.1, -0.05) is 6.92 Å². The summed E-state index contributed by atoms with van der Waals surface area (Å²) < 4.78 is 20.9. The topological polar surface area (TPSA) is 107 Å². The lowest BCUT2D eigenvalue weighted by Crippen LogP contribution is -2.59. The van der Waals surface area contributed by atoms with E-state index in [1.54, 1.807) is 0 Å². The van der Waals surface area contributed by atoms with E-state index in [4.69, 9.17) is 19.7 Å². The summed E-state index contributed by atoms with van der Waals surface area (Å²) in [5.74, 6) is -2.90. The second-order valence-electron chi connectivity index (χ2n) is 5.22. The Balaban J connectivity index is 1.94. The first-order valence-corrected chi connectivity index (χ1v) is 6.19. The molecule has 3 fully saturated rings. The van der Waals surface area contributed by atoms with Crippen LogP contribution in [0, 0.1) is 5.41 Å². The number of methoxy groups -OCH3 is 1. The van der Waals surface area contributed by atoms with Gasteiger partial charge in [0.1, 0.15) is 0 Å². The number of hydrogen-bond acceptors (Lipinski definition) is 6. The Labute approximate surface area is 115 Å². The summed E-state index contributed by atoms with van der Waals surface area (Å²) in [7, 11) is 1.10. The van der Waals surface area contributed by atoms with Crippen molar-refractivity contribution in [1.29, 1.82) is 0 Å². The number of ether oxygens (including phenoxy) is 4. The molecule has 0 saturated carbocycles. The maximum Gasteiger partial charge on any atom is 0.441 e. The van der Waals surface area contributed by atoms with Crippen LogP contribution in [0.2, 0.25) is 0 Å². The molecule has 0 aromatic heterocycles. The number of fused-ring (bicyclic) bond motifs is 3. The third-order valence-electron chi connectivity index (χ3n) is 3.32. The normalized spacial score (nSPS) is 31.5. The van der Waals surface area contributed by atoms with Crippen LogP contribution in [-0.2, 0) is 28.5 Å². The zero-order chi connectivity index (χ0) is 14.8. The van der Waals surface area contributed by atoms with Crippen LogP contribution in [0.25, 0.3) is 5.53 Å². The fraction of sp³-hybridized carbons (Fsp3) is 0.750. The highest BCUT2D eigenvalue weighted by Gasteiger charge is 2.50. The van der Waals surface area contributed by atoms with E-state index in [1.165, 1.54) is 0 Å². The summed E-state index contributed by atoms with van der Waals surface area (Å²) in [6, 6.07) is 0. The van der Waals surface area contributed by atoms with Crippen LogP contribution >= 0.6 is 0 Å². The van der Waals surface area contributed by atoms with Gasteiger partial charge in [0.15, 0.2) is 0 Å². The molecule has 8 heteroatoms. The zero-order valence-electron chi connectivity index (χ0n) is 11.4. The molecule has 0 atom stereocenters. The number of rotatable bonds is 5. The van der Waals surface area contributed by atoms with Crippen molar-refractivity contribution in [2.75, 3.05) is 26.9 Å². The SMILES string of the molecule is COC(=O)C(=[N+]=[N-])C(=O)CCC12OCC(C)(CO1)CO2. The predicted molar refractivity (Wildman–Crippen MR) is 63.6 cm³/mol. The number of nitrogens with zero attached hydrogens (tertiary/aromatic N) is 2. The molecule has 8 nitrogen and oxygen atoms in total. The molecule has 0 N–H and O–H groups in total. The Morgan fingerprint density at radius 3 is 2.25 bits per heavy atom. The third kappa shape index (κ3) is 2.78. The molecule has 0 aliphatic carbocycles. The number of hydrogen-bond donors (Lipinski definition) is 0. The van der Waals surface area contributed by atoms with E-state index in [-0.39, 0.29) is 18.3 Å². The highest BCUT2D eigenvalue weighted by molar-refractivity contribution is 6.62. The highest BCUT2D eigenvalue weighted by atomic mass is 16.9. The average Bonchev–Trinajstić information content (AvgIpc) is 2.47. The quantitative estimate of drug-likeness (QED) is 0.230. The van der Waals surface area contributed by atoms with E-state index < -0.39 is 23.4 Å². The van der Waals surface area contributed by atoms with E-state index >= 15 is 0 Å². The minimum atomic E-state index is -1.25. The van der Waals surface area contributed by atoms with E-state index in [9.17, 15) is 9.59 Å². The second-order valence-corrected chi connectivity index (χ2v) is 5.22. The van der Waals surface area contributed by atoms with Gasteiger partial charge in [0.25, 0.3) is 11.8 Å². The number of esters is 1. The predicted octanol–water partition coefficient (Wildman–Crippen LogP) is -0.0834. The van der Waals surface area contributed by atoms with Crippen LogP contribution in [0.15, 0.2) is 0 Å². The van der Waals surface area contributed by atoms with Crippen molar-refractivity contribution in [3.8, 4) is 0 Å². The van der Waals surface area contributed by atoms with Crippen LogP contribution < -0.4 is 0 Å². The molecule has 0 unspecified atom stereocenters. The van der Waals surface area contributed by atoms with Crippen molar-refractivity contribution >= 4 is 17.5 Å². The highest BCUT2D eigenvalue weighted by Crippen LogP contribution is 2.40. The van der Waals surface area contributed by atoms with Crippen LogP contribution in [0.4, 0.5) is 0 Å². The standard InChI is InChI=1S/C12H16N2O6/c1-11-5-18-12(19-6-11,20-7-11)4-3-8(15)9(14-13)10(16)17-2/h3-7H2,1-2H3. The Morgan fingerprint density at radius 1 is 1.25 bits per heavy atom. The summed E-state index contributed by atoms with van der Waals surface area (Å²) in [4.78, 5) is 25.7. The van der Waals surface area contributed by atoms with E-state index in [1.807, 2.05) is 6.92 Å².